The van der Waals surface area contributed by atoms with Crippen LogP contribution in [0.4, 0.5) is 0 Å². The van der Waals surface area contributed by atoms with Crippen molar-refractivity contribution in [2.75, 3.05) is 47.5 Å². The van der Waals surface area contributed by atoms with Crippen LogP contribution in [0.25, 0.3) is 0 Å². The van der Waals surface area contributed by atoms with Gasteiger partial charge in [-0.3, -0.25) is 9.59 Å². The van der Waals surface area contributed by atoms with Gasteiger partial charge in [0.15, 0.2) is 12.4 Å². The van der Waals surface area contributed by atoms with E-state index < -0.39 is 24.3 Å². The average molecular weight is 904 g/mol. The molecule has 0 aromatic heterocycles. The van der Waals surface area contributed by atoms with E-state index in [2.05, 4.69) is 50.3 Å². The largest absolute Gasteiger partial charge is 0.545 e. The molecule has 0 radical (unpaired) electrons. The summed E-state index contributed by atoms with van der Waals surface area (Å²) >= 11 is 0. The van der Waals surface area contributed by atoms with Gasteiger partial charge >= 0.3 is 11.9 Å². The third kappa shape index (κ3) is 47.5. The first-order valence-corrected chi connectivity index (χ1v) is 26.6. The molecule has 0 aliphatic carbocycles. The summed E-state index contributed by atoms with van der Waals surface area (Å²) in [5.74, 6) is -2.28. The van der Waals surface area contributed by atoms with Gasteiger partial charge in [0.1, 0.15) is 13.2 Å². The molecule has 64 heavy (non-hydrogen) atoms. The van der Waals surface area contributed by atoms with Crippen molar-refractivity contribution < 1.29 is 42.9 Å². The van der Waals surface area contributed by atoms with Gasteiger partial charge in [0, 0.05) is 12.8 Å². The molecule has 0 aromatic carbocycles. The molecule has 0 spiro atoms. The maximum atomic E-state index is 12.8. The molecule has 374 valence electrons. The summed E-state index contributed by atoms with van der Waals surface area (Å²) in [6, 6.07) is 0. The second-order valence-electron chi connectivity index (χ2n) is 19.2. The molecule has 0 aromatic rings. The van der Waals surface area contributed by atoms with Crippen LogP contribution in [0.3, 0.4) is 0 Å². The zero-order valence-corrected chi connectivity index (χ0v) is 42.4. The first-order chi connectivity index (χ1) is 31.1. The third-order valence-corrected chi connectivity index (χ3v) is 11.6. The quantitative estimate of drug-likeness (QED) is 0.0195. The minimum Gasteiger partial charge on any atom is -0.545 e. The Hall–Kier alpha value is -2.49. The summed E-state index contributed by atoms with van der Waals surface area (Å²) in [5.41, 5.74) is 0. The third-order valence-electron chi connectivity index (χ3n) is 11.6. The van der Waals surface area contributed by atoms with E-state index in [9.17, 15) is 19.5 Å². The molecular weight excluding hydrogens is 803 g/mol. The second-order valence-corrected chi connectivity index (χ2v) is 19.2. The zero-order chi connectivity index (χ0) is 47.0. The maximum Gasteiger partial charge on any atom is 0.306 e. The molecule has 0 N–H and O–H groups in total. The number of hydrogen-bond donors (Lipinski definition) is 0. The van der Waals surface area contributed by atoms with Gasteiger partial charge in [-0.15, -0.1) is 0 Å². The van der Waals surface area contributed by atoms with Gasteiger partial charge in [-0.25, -0.2) is 0 Å². The average Bonchev–Trinajstić information content (AvgIpc) is 3.26. The molecule has 0 amide bonds. The molecular formula is C55H101NO8. The van der Waals surface area contributed by atoms with Crippen molar-refractivity contribution in [3.05, 3.63) is 36.5 Å². The highest BCUT2D eigenvalue weighted by molar-refractivity contribution is 5.70. The summed E-state index contributed by atoms with van der Waals surface area (Å²) < 4.78 is 22.6. The Bertz CT molecular complexity index is 1150. The molecule has 0 aliphatic heterocycles. The lowest BCUT2D eigenvalue weighted by Crippen LogP contribution is -2.44. The van der Waals surface area contributed by atoms with Crippen molar-refractivity contribution in [2.24, 2.45) is 0 Å². The van der Waals surface area contributed by atoms with E-state index in [4.69, 9.17) is 18.9 Å². The van der Waals surface area contributed by atoms with Crippen LogP contribution in [0, 0.1) is 0 Å². The number of ether oxygens (including phenoxy) is 4. The molecule has 9 heteroatoms. The first-order valence-electron chi connectivity index (χ1n) is 26.6. The SMILES string of the molecule is CCCCCCC/C=C\C/C=C\C/C=C\CCCCCCCCCCC(=O)OC(COC(=O)CCCCCCCCCCCCCCCCCC)COC(OCC[N+](C)(C)C)C(=O)[O-]. The lowest BCUT2D eigenvalue weighted by Gasteiger charge is -2.26. The molecule has 0 rings (SSSR count). The fourth-order valence-corrected chi connectivity index (χ4v) is 7.48. The molecule has 2 unspecified atom stereocenters. The van der Waals surface area contributed by atoms with Crippen molar-refractivity contribution in [2.45, 2.75) is 251 Å². The Kier molecular flexibility index (Phi) is 45.2. The molecule has 0 saturated heterocycles. The number of carboxylic acids is 1. The lowest BCUT2D eigenvalue weighted by molar-refractivity contribution is -0.870. The number of rotatable bonds is 49. The minimum atomic E-state index is -1.62. The van der Waals surface area contributed by atoms with Crippen LogP contribution in [0.5, 0.6) is 0 Å². The first kappa shape index (κ1) is 61.5. The number of likely N-dealkylation sites (N-methyl/N-ethyl adjacent to an activating group) is 1. The number of aliphatic carboxylic acids is 1. The minimum absolute atomic E-state index is 0.147. The number of nitrogens with zero attached hydrogens (tertiary/aromatic N) is 1. The molecule has 0 aliphatic rings. The number of esters is 2. The molecule has 2 atom stereocenters. The number of unbranched alkanes of at least 4 members (excludes halogenated alkanes) is 28. The van der Waals surface area contributed by atoms with Gasteiger partial charge in [0.25, 0.3) is 0 Å². The van der Waals surface area contributed by atoms with Crippen molar-refractivity contribution in [1.29, 1.82) is 0 Å². The van der Waals surface area contributed by atoms with E-state index in [1.54, 1.807) is 0 Å². The van der Waals surface area contributed by atoms with Gasteiger partial charge in [-0.2, -0.15) is 0 Å². The number of allylic oxidation sites excluding steroid dienone is 6. The highest BCUT2D eigenvalue weighted by Crippen LogP contribution is 2.16. The normalized spacial score (nSPS) is 13.1. The summed E-state index contributed by atoms with van der Waals surface area (Å²) in [6.07, 6.45) is 51.7. The molecule has 0 saturated carbocycles. The van der Waals surface area contributed by atoms with Gasteiger partial charge in [0.05, 0.1) is 40.3 Å². The Balaban J connectivity index is 4.31. The number of hydrogen-bond acceptors (Lipinski definition) is 8. The highest BCUT2D eigenvalue weighted by atomic mass is 16.7. The van der Waals surface area contributed by atoms with Crippen LogP contribution in [0.15, 0.2) is 36.5 Å². The van der Waals surface area contributed by atoms with Crippen LogP contribution in [0.2, 0.25) is 0 Å². The van der Waals surface area contributed by atoms with E-state index in [1.165, 1.54) is 148 Å². The Labute approximate surface area is 394 Å². The maximum absolute atomic E-state index is 12.8. The van der Waals surface area contributed by atoms with Crippen molar-refractivity contribution in [3.63, 3.8) is 0 Å². The number of carboxylic acid groups (broad SMARTS) is 1. The van der Waals surface area contributed by atoms with Crippen LogP contribution >= 0.6 is 0 Å². The summed E-state index contributed by atoms with van der Waals surface area (Å²) in [4.78, 5) is 37.2. The Morgan fingerprint density at radius 1 is 0.469 bits per heavy atom. The van der Waals surface area contributed by atoms with Gasteiger partial charge in [-0.05, 0) is 51.4 Å². The number of carbonyl (C=O) groups is 3. The van der Waals surface area contributed by atoms with Gasteiger partial charge < -0.3 is 33.3 Å². The van der Waals surface area contributed by atoms with Crippen molar-refractivity contribution in [3.8, 4) is 0 Å². The zero-order valence-electron chi connectivity index (χ0n) is 42.4. The monoisotopic (exact) mass is 904 g/mol. The van der Waals surface area contributed by atoms with E-state index in [1.807, 2.05) is 21.1 Å². The predicted molar refractivity (Wildman–Crippen MR) is 265 cm³/mol. The number of carbonyl (C=O) groups excluding carboxylic acids is 3. The molecule has 0 heterocycles. The predicted octanol–water partition coefficient (Wildman–Crippen LogP) is 13.6. The van der Waals surface area contributed by atoms with Crippen LogP contribution in [-0.2, 0) is 33.3 Å². The second kappa shape index (κ2) is 47.0. The standard InChI is InChI=1S/C55H101NO8/c1-6-8-10-12-14-16-18-20-22-24-25-26-27-28-29-30-32-34-36-38-40-42-44-46-53(58)64-51(50-63-55(54(59)60)61-48-47-56(3,4)5)49-62-52(57)45-43-41-39-37-35-33-31-23-21-19-17-15-13-11-9-7-2/h18,20,24-25,27-28,51,55H,6-17,19,21-23,26,29-50H2,1-5H3/b20-18-,25-24-,28-27-. The molecule has 0 fully saturated rings. The summed E-state index contributed by atoms with van der Waals surface area (Å²) in [5, 5.41) is 11.7. The molecule has 0 bridgehead atoms. The smallest absolute Gasteiger partial charge is 0.306 e. The van der Waals surface area contributed by atoms with Gasteiger partial charge in [0.2, 0.25) is 0 Å². The Morgan fingerprint density at radius 3 is 1.25 bits per heavy atom. The fourth-order valence-electron chi connectivity index (χ4n) is 7.48. The highest BCUT2D eigenvalue weighted by Gasteiger charge is 2.22. The van der Waals surface area contributed by atoms with E-state index >= 15 is 0 Å². The number of quaternary nitrogens is 1. The topological polar surface area (TPSA) is 111 Å². The van der Waals surface area contributed by atoms with E-state index in [0.717, 1.165) is 57.8 Å². The van der Waals surface area contributed by atoms with Crippen LogP contribution in [0.1, 0.15) is 239 Å². The van der Waals surface area contributed by atoms with E-state index in [0.29, 0.717) is 23.9 Å². The van der Waals surface area contributed by atoms with Gasteiger partial charge in [-0.1, -0.05) is 211 Å². The van der Waals surface area contributed by atoms with Crippen LogP contribution in [-0.4, -0.2) is 82.3 Å². The lowest BCUT2D eigenvalue weighted by atomic mass is 10.0. The Morgan fingerprint density at radius 2 is 0.844 bits per heavy atom. The van der Waals surface area contributed by atoms with Crippen molar-refractivity contribution in [1.82, 2.24) is 0 Å². The summed E-state index contributed by atoms with van der Waals surface area (Å²) in [6.45, 7) is 4.75. The van der Waals surface area contributed by atoms with E-state index in [-0.39, 0.29) is 32.2 Å². The summed E-state index contributed by atoms with van der Waals surface area (Å²) in [7, 11) is 5.92. The van der Waals surface area contributed by atoms with Crippen molar-refractivity contribution >= 4 is 17.9 Å². The van der Waals surface area contributed by atoms with Crippen LogP contribution < -0.4 is 5.11 Å². The fraction of sp³-hybridized carbons (Fsp3) is 0.836. The molecule has 9 nitrogen and oxygen atoms in total.